The number of nitrogens with zero attached hydrogens (tertiary/aromatic N) is 6. The lowest BCUT2D eigenvalue weighted by Crippen LogP contribution is -2.17. The minimum Gasteiger partial charge on any atom is -0.455 e. The van der Waals surface area contributed by atoms with Crippen molar-refractivity contribution in [1.82, 2.24) is 29.1 Å². The van der Waals surface area contributed by atoms with Gasteiger partial charge in [0.2, 0.25) is 0 Å². The Balaban J connectivity index is 1.13. The zero-order valence-corrected chi connectivity index (χ0v) is 47.4. The van der Waals surface area contributed by atoms with Crippen molar-refractivity contribution in [1.29, 1.82) is 0 Å². The first-order valence-corrected chi connectivity index (χ1v) is 27.7. The fraction of sp³-hybridized carbons (Fsp3) is 0.222. The second kappa shape index (κ2) is 17.9. The molecule has 8 aromatic carbocycles. The Morgan fingerprint density at radius 2 is 0.810 bits per heavy atom. The summed E-state index contributed by atoms with van der Waals surface area (Å²) in [5.74, 6) is 1.85. The molecule has 0 aliphatic rings. The molecule has 7 nitrogen and oxygen atoms in total. The van der Waals surface area contributed by atoms with Crippen LogP contribution in [0.15, 0.2) is 187 Å². The third kappa shape index (κ3) is 8.49. The van der Waals surface area contributed by atoms with Crippen LogP contribution in [0.5, 0.6) is 0 Å². The normalized spacial score (nSPS) is 12.8. The first kappa shape index (κ1) is 49.9. The molecule has 0 saturated carbocycles. The topological polar surface area (TPSA) is 74.6 Å². The largest absolute Gasteiger partial charge is 0.455 e. The number of para-hydroxylation sites is 4. The van der Waals surface area contributed by atoms with E-state index in [0.717, 1.165) is 94.0 Å². The van der Waals surface area contributed by atoms with Gasteiger partial charge in [-0.2, -0.15) is 0 Å². The predicted molar refractivity (Wildman–Crippen MR) is 330 cm³/mol. The van der Waals surface area contributed by atoms with Crippen LogP contribution in [-0.2, 0) is 21.7 Å². The van der Waals surface area contributed by atoms with Crippen LogP contribution in [0.4, 0.5) is 0 Å². The SMILES string of the molecule is CC(C)(C)c1cc(-c2nc(-c3cc(C(C)(C)C)cc(C(C)(C)C)c3)nc(-c3ccc(-n4c5ccccc5c5c6oc7ccccc7c6ccc54)c(-c4ccncc4-n4c5ccccc5c5ccccc54)c3)n2)cc(C(C)(C)C)c1. The molecule has 0 N–H and O–H groups in total. The van der Waals surface area contributed by atoms with Crippen molar-refractivity contribution in [3.05, 3.63) is 205 Å². The Labute approximate surface area is 462 Å². The number of rotatable bonds is 6. The van der Waals surface area contributed by atoms with E-state index in [1.54, 1.807) is 0 Å². The van der Waals surface area contributed by atoms with Gasteiger partial charge in [-0.15, -0.1) is 0 Å². The summed E-state index contributed by atoms with van der Waals surface area (Å²) in [5, 5.41) is 6.74. The van der Waals surface area contributed by atoms with Gasteiger partial charge < -0.3 is 13.6 Å². The van der Waals surface area contributed by atoms with E-state index >= 15 is 0 Å². The highest BCUT2D eigenvalue weighted by Crippen LogP contribution is 2.45. The summed E-state index contributed by atoms with van der Waals surface area (Å²) in [7, 11) is 0. The van der Waals surface area contributed by atoms with Gasteiger partial charge in [-0.3, -0.25) is 4.98 Å². The molecule has 0 unspecified atom stereocenters. The fourth-order valence-electron chi connectivity index (χ4n) is 11.6. The van der Waals surface area contributed by atoms with E-state index in [1.165, 1.54) is 33.0 Å². The molecule has 0 atom stereocenters. The maximum absolute atomic E-state index is 6.82. The van der Waals surface area contributed by atoms with Crippen LogP contribution in [0.2, 0.25) is 0 Å². The molecule has 13 aromatic rings. The predicted octanol–water partition coefficient (Wildman–Crippen LogP) is 19.2. The molecule has 0 spiro atoms. The Kier molecular flexibility index (Phi) is 11.3. The van der Waals surface area contributed by atoms with Crippen molar-refractivity contribution in [3.63, 3.8) is 0 Å². The van der Waals surface area contributed by atoms with Gasteiger partial charge in [0.25, 0.3) is 0 Å². The van der Waals surface area contributed by atoms with Gasteiger partial charge >= 0.3 is 0 Å². The molecule has 0 amide bonds. The first-order chi connectivity index (χ1) is 37.7. The first-order valence-electron chi connectivity index (χ1n) is 27.7. The molecule has 79 heavy (non-hydrogen) atoms. The molecule has 0 fully saturated rings. The van der Waals surface area contributed by atoms with Crippen LogP contribution in [-0.4, -0.2) is 29.1 Å². The smallest absolute Gasteiger partial charge is 0.164 e. The second-order valence-corrected chi connectivity index (χ2v) is 25.7. The molecule has 0 saturated heterocycles. The van der Waals surface area contributed by atoms with E-state index in [4.69, 9.17) is 24.4 Å². The molecule has 390 valence electrons. The number of hydrogen-bond acceptors (Lipinski definition) is 5. The van der Waals surface area contributed by atoms with Crippen molar-refractivity contribution in [3.8, 4) is 56.7 Å². The van der Waals surface area contributed by atoms with Gasteiger partial charge in [0, 0.05) is 60.9 Å². The number of furan rings is 1. The Hall–Kier alpha value is -8.68. The summed E-state index contributed by atoms with van der Waals surface area (Å²) in [6.45, 7) is 27.3. The number of fused-ring (bicyclic) bond motifs is 10. The Bertz CT molecular complexity index is 4380. The van der Waals surface area contributed by atoms with Crippen LogP contribution in [0, 0.1) is 0 Å². The van der Waals surface area contributed by atoms with Gasteiger partial charge in [-0.1, -0.05) is 168 Å². The van der Waals surface area contributed by atoms with Crippen LogP contribution < -0.4 is 0 Å². The summed E-state index contributed by atoms with van der Waals surface area (Å²) in [4.78, 5) is 21.5. The third-order valence-electron chi connectivity index (χ3n) is 16.1. The minimum absolute atomic E-state index is 0.121. The highest BCUT2D eigenvalue weighted by molar-refractivity contribution is 6.24. The van der Waals surface area contributed by atoms with Crippen LogP contribution in [0.1, 0.15) is 105 Å². The van der Waals surface area contributed by atoms with Crippen LogP contribution in [0.25, 0.3) is 122 Å². The lowest BCUT2D eigenvalue weighted by molar-refractivity contribution is 0.568. The average molecular weight is 1030 g/mol. The lowest BCUT2D eigenvalue weighted by atomic mass is 9.79. The van der Waals surface area contributed by atoms with E-state index in [1.807, 2.05) is 18.5 Å². The summed E-state index contributed by atoms with van der Waals surface area (Å²) in [5.41, 5.74) is 17.2. The van der Waals surface area contributed by atoms with Gasteiger partial charge in [-0.25, -0.2) is 15.0 Å². The molecule has 0 aliphatic carbocycles. The Morgan fingerprint density at radius 3 is 1.34 bits per heavy atom. The second-order valence-electron chi connectivity index (χ2n) is 25.7. The molecule has 7 heteroatoms. The number of benzene rings is 8. The number of aromatic nitrogens is 6. The van der Waals surface area contributed by atoms with Crippen molar-refractivity contribution < 1.29 is 4.42 Å². The molecule has 0 bridgehead atoms. The molecule has 5 heterocycles. The average Bonchev–Trinajstić information content (AvgIpc) is 4.33. The van der Waals surface area contributed by atoms with E-state index < -0.39 is 0 Å². The van der Waals surface area contributed by atoms with Crippen molar-refractivity contribution >= 4 is 65.6 Å². The standard InChI is InChI=1S/C72H66N6O/c1-69(2,3)46-35-44(36-47(40-46)70(4,5)6)67-74-66(75-68(76-67)45-37-48(71(7,8)9)41-49(38-45)72(10,11)12)43-29-31-60(77-59-27-19-15-24-55(59)64-61(77)32-30-54-53-23-16-20-28-63(53)79-65(54)64)56(39-43)52-33-34-73-42-62(52)78-57-25-17-13-21-50(57)51-22-14-18-26-58(51)78/h13-42H,1-12H3. The van der Waals surface area contributed by atoms with E-state index in [0.29, 0.717) is 17.5 Å². The van der Waals surface area contributed by atoms with Gasteiger partial charge in [-0.05, 0) is 129 Å². The van der Waals surface area contributed by atoms with E-state index in [9.17, 15) is 0 Å². The zero-order chi connectivity index (χ0) is 54.9. The molecule has 0 radical (unpaired) electrons. The monoisotopic (exact) mass is 1030 g/mol. The highest BCUT2D eigenvalue weighted by Gasteiger charge is 2.28. The van der Waals surface area contributed by atoms with Gasteiger partial charge in [0.1, 0.15) is 11.2 Å². The van der Waals surface area contributed by atoms with Gasteiger partial charge in [0.15, 0.2) is 17.5 Å². The highest BCUT2D eigenvalue weighted by atomic mass is 16.3. The van der Waals surface area contributed by atoms with E-state index in [2.05, 4.69) is 256 Å². The zero-order valence-electron chi connectivity index (χ0n) is 47.4. The van der Waals surface area contributed by atoms with E-state index in [-0.39, 0.29) is 21.7 Å². The fourth-order valence-corrected chi connectivity index (χ4v) is 11.6. The van der Waals surface area contributed by atoms with Crippen molar-refractivity contribution in [2.75, 3.05) is 0 Å². The summed E-state index contributed by atoms with van der Waals surface area (Å²) in [6.07, 6.45) is 3.92. The number of pyridine rings is 1. The maximum Gasteiger partial charge on any atom is 0.164 e. The minimum atomic E-state index is -0.121. The molecular weight excluding hydrogens is 965 g/mol. The lowest BCUT2D eigenvalue weighted by Gasteiger charge is -2.26. The van der Waals surface area contributed by atoms with Crippen molar-refractivity contribution in [2.45, 2.75) is 105 Å². The molecular formula is C72H66N6O. The van der Waals surface area contributed by atoms with Crippen LogP contribution >= 0.6 is 0 Å². The number of hydrogen-bond donors (Lipinski definition) is 0. The third-order valence-corrected chi connectivity index (χ3v) is 16.1. The van der Waals surface area contributed by atoms with Crippen molar-refractivity contribution in [2.24, 2.45) is 0 Å². The van der Waals surface area contributed by atoms with Crippen LogP contribution in [0.3, 0.4) is 0 Å². The molecule has 13 rings (SSSR count). The maximum atomic E-state index is 6.82. The Morgan fingerprint density at radius 1 is 0.354 bits per heavy atom. The quantitative estimate of drug-likeness (QED) is 0.166. The summed E-state index contributed by atoms with van der Waals surface area (Å²) in [6, 6.07) is 61.6. The summed E-state index contributed by atoms with van der Waals surface area (Å²) >= 11 is 0. The molecule has 5 aromatic heterocycles. The molecule has 0 aliphatic heterocycles. The van der Waals surface area contributed by atoms with Gasteiger partial charge in [0.05, 0.1) is 45.0 Å². The summed E-state index contributed by atoms with van der Waals surface area (Å²) < 4.78 is 11.6.